The second-order valence-electron chi connectivity index (χ2n) is 8.29. The third-order valence-electron chi connectivity index (χ3n) is 6.24. The number of carbonyl (C=O) groups excluding carboxylic acids is 1. The summed E-state index contributed by atoms with van der Waals surface area (Å²) in [6.45, 7) is 3.57. The summed E-state index contributed by atoms with van der Waals surface area (Å²) in [6.07, 6.45) is 8.06. The van der Waals surface area contributed by atoms with Gasteiger partial charge in [-0.2, -0.15) is 5.10 Å². The lowest BCUT2D eigenvalue weighted by Gasteiger charge is -2.16. The molecular weight excluding hydrogens is 412 g/mol. The minimum atomic E-state index is -0.120. The summed E-state index contributed by atoms with van der Waals surface area (Å²) >= 11 is 0. The molecule has 6 nitrogen and oxygen atoms in total. The maximum atomic E-state index is 13.2. The Balaban J connectivity index is 1.37. The van der Waals surface area contributed by atoms with Gasteiger partial charge in [-0.1, -0.05) is 30.3 Å². The van der Waals surface area contributed by atoms with E-state index in [-0.39, 0.29) is 5.91 Å². The summed E-state index contributed by atoms with van der Waals surface area (Å²) in [5.41, 5.74) is 5.37. The predicted octanol–water partition coefficient (Wildman–Crippen LogP) is 4.81. The minimum absolute atomic E-state index is 0.120. The van der Waals surface area contributed by atoms with E-state index in [9.17, 15) is 4.79 Å². The second kappa shape index (κ2) is 9.45. The number of nitrogens with zero attached hydrogens (tertiary/aromatic N) is 3. The van der Waals surface area contributed by atoms with Gasteiger partial charge in [0, 0.05) is 35.8 Å². The van der Waals surface area contributed by atoms with Gasteiger partial charge in [-0.3, -0.25) is 14.5 Å². The lowest BCUT2D eigenvalue weighted by atomic mass is 9.94. The van der Waals surface area contributed by atoms with E-state index in [1.807, 2.05) is 67.8 Å². The molecule has 0 saturated heterocycles. The molecule has 0 saturated carbocycles. The number of amides is 1. The zero-order chi connectivity index (χ0) is 22.6. The monoisotopic (exact) mass is 440 g/mol. The van der Waals surface area contributed by atoms with E-state index in [1.165, 1.54) is 24.1 Å². The predicted molar refractivity (Wildman–Crippen MR) is 130 cm³/mol. The number of fused-ring (bicyclic) bond motifs is 2. The molecule has 0 atom stereocenters. The van der Waals surface area contributed by atoms with Gasteiger partial charge in [-0.15, -0.1) is 0 Å². The van der Waals surface area contributed by atoms with E-state index in [0.717, 1.165) is 34.9 Å². The van der Waals surface area contributed by atoms with Crippen LogP contribution in [0.3, 0.4) is 0 Å². The zero-order valence-corrected chi connectivity index (χ0v) is 18.9. The van der Waals surface area contributed by atoms with Crippen molar-refractivity contribution in [1.82, 2.24) is 20.1 Å². The number of hydrogen-bond donors (Lipinski definition) is 1. The number of aromatic nitrogens is 3. The van der Waals surface area contributed by atoms with Crippen LogP contribution in [0.15, 0.2) is 60.9 Å². The maximum Gasteiger partial charge on any atom is 0.255 e. The van der Waals surface area contributed by atoms with Crippen molar-refractivity contribution < 1.29 is 9.53 Å². The first-order valence-corrected chi connectivity index (χ1v) is 11.7. The number of rotatable bonds is 7. The first-order valence-electron chi connectivity index (χ1n) is 11.7. The molecule has 2 aromatic heterocycles. The van der Waals surface area contributed by atoms with Gasteiger partial charge in [0.2, 0.25) is 0 Å². The van der Waals surface area contributed by atoms with Crippen LogP contribution in [-0.2, 0) is 19.4 Å². The molecule has 0 spiro atoms. The average Bonchev–Trinajstić information content (AvgIpc) is 3.23. The van der Waals surface area contributed by atoms with E-state index in [2.05, 4.69) is 15.0 Å². The van der Waals surface area contributed by atoms with Crippen LogP contribution in [0, 0.1) is 0 Å². The van der Waals surface area contributed by atoms with Crippen molar-refractivity contribution in [1.29, 1.82) is 0 Å². The fraction of sp³-hybridized carbons (Fsp3) is 0.296. The Morgan fingerprint density at radius 3 is 2.73 bits per heavy atom. The Morgan fingerprint density at radius 1 is 1.06 bits per heavy atom. The van der Waals surface area contributed by atoms with E-state index in [4.69, 9.17) is 9.84 Å². The fourth-order valence-electron chi connectivity index (χ4n) is 4.72. The van der Waals surface area contributed by atoms with Gasteiger partial charge < -0.3 is 10.1 Å². The fourth-order valence-corrected chi connectivity index (χ4v) is 4.72. The van der Waals surface area contributed by atoms with Crippen LogP contribution in [0.1, 0.15) is 41.4 Å². The Labute approximate surface area is 193 Å². The summed E-state index contributed by atoms with van der Waals surface area (Å²) < 4.78 is 7.85. The maximum absolute atomic E-state index is 13.2. The molecule has 1 aliphatic rings. The van der Waals surface area contributed by atoms with Crippen molar-refractivity contribution in [3.63, 3.8) is 0 Å². The number of hydrogen-bond acceptors (Lipinski definition) is 4. The molecule has 6 heteroatoms. The third-order valence-corrected chi connectivity index (χ3v) is 6.24. The van der Waals surface area contributed by atoms with Gasteiger partial charge in [0.1, 0.15) is 5.75 Å². The molecule has 0 fully saturated rings. The number of benzene rings is 2. The molecule has 0 unspecified atom stereocenters. The van der Waals surface area contributed by atoms with Crippen LogP contribution in [0.25, 0.3) is 22.0 Å². The molecule has 1 amide bonds. The molecule has 1 N–H and O–H groups in total. The van der Waals surface area contributed by atoms with Crippen LogP contribution in [0.2, 0.25) is 0 Å². The van der Waals surface area contributed by atoms with Gasteiger partial charge >= 0.3 is 0 Å². The van der Waals surface area contributed by atoms with Gasteiger partial charge in [0.15, 0.2) is 0 Å². The van der Waals surface area contributed by atoms with Crippen molar-refractivity contribution in [2.75, 3.05) is 13.2 Å². The Bertz CT molecular complexity index is 1280. The molecule has 2 aromatic carbocycles. The summed E-state index contributed by atoms with van der Waals surface area (Å²) in [5, 5.41) is 9.97. The van der Waals surface area contributed by atoms with Crippen molar-refractivity contribution in [2.45, 2.75) is 39.2 Å². The molecule has 33 heavy (non-hydrogen) atoms. The van der Waals surface area contributed by atoms with E-state index in [0.29, 0.717) is 31.0 Å². The van der Waals surface area contributed by atoms with Gasteiger partial charge in [0.05, 0.1) is 24.4 Å². The van der Waals surface area contributed by atoms with Crippen molar-refractivity contribution >= 4 is 16.7 Å². The summed E-state index contributed by atoms with van der Waals surface area (Å²) in [5.74, 6) is 0.496. The van der Waals surface area contributed by atoms with Crippen LogP contribution in [0.5, 0.6) is 5.75 Å². The van der Waals surface area contributed by atoms with Crippen molar-refractivity contribution in [3.8, 4) is 17.0 Å². The van der Waals surface area contributed by atoms with Crippen molar-refractivity contribution in [3.05, 3.63) is 77.7 Å². The quantitative estimate of drug-likeness (QED) is 0.448. The number of ether oxygens (including phenoxy) is 1. The minimum Gasteiger partial charge on any atom is -0.493 e. The highest BCUT2D eigenvalue weighted by Crippen LogP contribution is 2.31. The molecule has 4 aromatic rings. The van der Waals surface area contributed by atoms with E-state index < -0.39 is 0 Å². The summed E-state index contributed by atoms with van der Waals surface area (Å²) in [4.78, 5) is 17.4. The van der Waals surface area contributed by atoms with Gasteiger partial charge in [-0.05, 0) is 61.6 Å². The van der Waals surface area contributed by atoms with Gasteiger partial charge in [0.25, 0.3) is 5.91 Å². The van der Waals surface area contributed by atoms with Crippen LogP contribution in [-0.4, -0.2) is 33.8 Å². The Morgan fingerprint density at radius 2 is 1.88 bits per heavy atom. The smallest absolute Gasteiger partial charge is 0.255 e. The lowest BCUT2D eigenvalue weighted by molar-refractivity contribution is 0.0950. The Hall–Kier alpha value is -3.67. The molecule has 0 bridgehead atoms. The normalized spacial score (nSPS) is 13.0. The molecule has 5 rings (SSSR count). The standard InChI is InChI=1S/C27H28N4O2/c1-2-33-24-12-11-19-7-3-4-8-21(19)25(24)27(32)29-17-18-31-23-10-6-5-9-22(23)26(30-31)20-13-15-28-16-14-20/h3-4,7-8,11-16H,2,5-6,9-10,17-18H2,1H3,(H,29,32). The highest BCUT2D eigenvalue weighted by atomic mass is 16.5. The molecule has 2 heterocycles. The van der Waals surface area contributed by atoms with Gasteiger partial charge in [-0.25, -0.2) is 0 Å². The van der Waals surface area contributed by atoms with Crippen molar-refractivity contribution in [2.24, 2.45) is 0 Å². The van der Waals surface area contributed by atoms with Crippen LogP contribution < -0.4 is 10.1 Å². The molecule has 0 aliphatic heterocycles. The lowest BCUT2D eigenvalue weighted by Crippen LogP contribution is -2.28. The van der Waals surface area contributed by atoms with Crippen LogP contribution >= 0.6 is 0 Å². The Kier molecular flexibility index (Phi) is 6.07. The first-order chi connectivity index (χ1) is 16.3. The van der Waals surface area contributed by atoms with E-state index >= 15 is 0 Å². The molecule has 168 valence electrons. The number of nitrogens with one attached hydrogen (secondary N) is 1. The zero-order valence-electron chi connectivity index (χ0n) is 18.9. The molecular formula is C27H28N4O2. The van der Waals surface area contributed by atoms with Crippen LogP contribution in [0.4, 0.5) is 0 Å². The second-order valence-corrected chi connectivity index (χ2v) is 8.29. The highest BCUT2D eigenvalue weighted by molar-refractivity contribution is 6.09. The molecule has 0 radical (unpaired) electrons. The first kappa shape index (κ1) is 21.2. The third kappa shape index (κ3) is 4.21. The molecule has 1 aliphatic carbocycles. The average molecular weight is 441 g/mol. The number of pyridine rings is 1. The highest BCUT2D eigenvalue weighted by Gasteiger charge is 2.22. The van der Waals surface area contributed by atoms with E-state index in [1.54, 1.807) is 0 Å². The largest absolute Gasteiger partial charge is 0.493 e. The summed E-state index contributed by atoms with van der Waals surface area (Å²) in [6, 6.07) is 15.8. The topological polar surface area (TPSA) is 69.0 Å². The summed E-state index contributed by atoms with van der Waals surface area (Å²) in [7, 11) is 0. The number of carbonyl (C=O) groups is 1. The SMILES string of the molecule is CCOc1ccc2ccccc2c1C(=O)NCCn1nc(-c2ccncc2)c2c1CCCC2.